The first kappa shape index (κ1) is 20.7. The first-order chi connectivity index (χ1) is 15.6. The number of carbonyl (C=O) groups is 2. The van der Waals surface area contributed by atoms with E-state index in [1.54, 1.807) is 0 Å². The number of amides is 2. The zero-order chi connectivity index (χ0) is 22.1. The highest BCUT2D eigenvalue weighted by molar-refractivity contribution is 8.01. The maximum absolute atomic E-state index is 12.8. The number of thioether (sulfide) groups is 1. The summed E-state index contributed by atoms with van der Waals surface area (Å²) in [5.74, 6) is 0.328. The van der Waals surface area contributed by atoms with E-state index >= 15 is 0 Å². The Labute approximate surface area is 194 Å². The van der Waals surface area contributed by atoms with E-state index in [2.05, 4.69) is 16.4 Å². The average molecular weight is 460 g/mol. The summed E-state index contributed by atoms with van der Waals surface area (Å²) in [6.07, 6.45) is 0.907. The number of nitrogens with zero attached hydrogens (tertiary/aromatic N) is 2. The highest BCUT2D eigenvalue weighted by Crippen LogP contribution is 2.33. The fourth-order valence-electron chi connectivity index (χ4n) is 3.87. The third-order valence-electron chi connectivity index (χ3n) is 5.52. The molecule has 1 N–H and O–H groups in total. The van der Waals surface area contributed by atoms with Gasteiger partial charge in [0.2, 0.25) is 5.91 Å². The maximum atomic E-state index is 12.8. The number of aryl methyl sites for hydroxylation is 1. The van der Waals surface area contributed by atoms with Crippen molar-refractivity contribution in [3.8, 4) is 0 Å². The molecule has 4 aromatic rings. The normalized spacial score (nSPS) is 12.7. The largest absolute Gasteiger partial charge is 0.322 e. The Hall–Kier alpha value is -3.16. The summed E-state index contributed by atoms with van der Waals surface area (Å²) in [7, 11) is 0. The fraction of sp³-hybridized carbons (Fsp3) is 0.160. The number of carbonyl (C=O) groups excluding carboxylic acids is 2. The lowest BCUT2D eigenvalue weighted by Gasteiger charge is -2.16. The summed E-state index contributed by atoms with van der Waals surface area (Å²) >= 11 is 3.00. The fourth-order valence-corrected chi connectivity index (χ4v) is 5.85. The summed E-state index contributed by atoms with van der Waals surface area (Å²) in [5, 5.41) is 2.97. The molecule has 0 spiro atoms. The molecule has 2 heterocycles. The zero-order valence-electron chi connectivity index (χ0n) is 17.5. The minimum Gasteiger partial charge on any atom is -0.322 e. The lowest BCUT2D eigenvalue weighted by Crippen LogP contribution is -2.30. The molecule has 3 aromatic carbocycles. The van der Waals surface area contributed by atoms with Crippen LogP contribution in [-0.4, -0.2) is 29.1 Å². The van der Waals surface area contributed by atoms with Gasteiger partial charge in [0.15, 0.2) is 4.34 Å². The van der Waals surface area contributed by atoms with E-state index in [-0.39, 0.29) is 11.8 Å². The number of nitrogens with one attached hydrogen (secondary N) is 1. The molecule has 7 heteroatoms. The molecule has 0 aliphatic carbocycles. The molecule has 0 unspecified atom stereocenters. The van der Waals surface area contributed by atoms with Gasteiger partial charge < -0.3 is 10.2 Å². The molecule has 5 rings (SSSR count). The lowest BCUT2D eigenvalue weighted by atomic mass is 10.1. The number of thiazole rings is 1. The monoisotopic (exact) mass is 459 g/mol. The van der Waals surface area contributed by atoms with Gasteiger partial charge in [-0.15, -0.1) is 11.3 Å². The minimum atomic E-state index is -0.127. The van der Waals surface area contributed by atoms with E-state index in [9.17, 15) is 9.59 Å². The van der Waals surface area contributed by atoms with Crippen LogP contribution >= 0.6 is 23.1 Å². The highest BCUT2D eigenvalue weighted by atomic mass is 32.2. The number of anilines is 2. The van der Waals surface area contributed by atoms with Crippen LogP contribution in [0.2, 0.25) is 0 Å². The second kappa shape index (κ2) is 8.76. The Morgan fingerprint density at radius 1 is 1.09 bits per heavy atom. The lowest BCUT2D eigenvalue weighted by molar-refractivity contribution is -0.116. The van der Waals surface area contributed by atoms with Crippen LogP contribution in [0.5, 0.6) is 0 Å². The zero-order valence-corrected chi connectivity index (χ0v) is 19.1. The molecule has 0 fully saturated rings. The van der Waals surface area contributed by atoms with Crippen molar-refractivity contribution >= 4 is 56.5 Å². The van der Waals surface area contributed by atoms with Gasteiger partial charge in [0.1, 0.15) is 0 Å². The molecule has 32 heavy (non-hydrogen) atoms. The van der Waals surface area contributed by atoms with Crippen molar-refractivity contribution in [1.29, 1.82) is 0 Å². The van der Waals surface area contributed by atoms with Crippen LogP contribution in [0, 0.1) is 6.92 Å². The summed E-state index contributed by atoms with van der Waals surface area (Å²) in [6, 6.07) is 21.3. The predicted molar refractivity (Wildman–Crippen MR) is 132 cm³/mol. The molecule has 0 saturated heterocycles. The Balaban J connectivity index is 1.26. The summed E-state index contributed by atoms with van der Waals surface area (Å²) < 4.78 is 1.83. The first-order valence-corrected chi connectivity index (χ1v) is 12.2. The average Bonchev–Trinajstić information content (AvgIpc) is 3.41. The van der Waals surface area contributed by atoms with Crippen molar-refractivity contribution in [2.75, 3.05) is 22.5 Å². The number of benzene rings is 3. The van der Waals surface area contributed by atoms with E-state index in [0.717, 1.165) is 44.5 Å². The molecule has 160 valence electrons. The topological polar surface area (TPSA) is 62.3 Å². The first-order valence-electron chi connectivity index (χ1n) is 10.4. The molecule has 0 atom stereocenters. The number of fused-ring (bicyclic) bond motifs is 2. The maximum Gasteiger partial charge on any atom is 0.255 e. The van der Waals surface area contributed by atoms with Crippen molar-refractivity contribution in [3.05, 3.63) is 83.4 Å². The van der Waals surface area contributed by atoms with Crippen molar-refractivity contribution in [3.63, 3.8) is 0 Å². The Morgan fingerprint density at radius 2 is 1.91 bits per heavy atom. The molecule has 1 aromatic heterocycles. The van der Waals surface area contributed by atoms with Crippen LogP contribution in [-0.2, 0) is 11.2 Å². The van der Waals surface area contributed by atoms with Crippen LogP contribution in [0.3, 0.4) is 0 Å². The molecule has 0 bridgehead atoms. The van der Waals surface area contributed by atoms with Crippen molar-refractivity contribution in [2.45, 2.75) is 17.7 Å². The van der Waals surface area contributed by atoms with Gasteiger partial charge in [-0.25, -0.2) is 4.98 Å². The van der Waals surface area contributed by atoms with E-state index in [4.69, 9.17) is 0 Å². The van der Waals surface area contributed by atoms with Crippen LogP contribution in [0.15, 0.2) is 71.1 Å². The van der Waals surface area contributed by atoms with Gasteiger partial charge >= 0.3 is 0 Å². The van der Waals surface area contributed by atoms with E-state index in [0.29, 0.717) is 11.3 Å². The second-order valence-corrected chi connectivity index (χ2v) is 9.90. The van der Waals surface area contributed by atoms with Crippen LogP contribution in [0.4, 0.5) is 11.4 Å². The van der Waals surface area contributed by atoms with E-state index in [1.165, 1.54) is 28.7 Å². The van der Waals surface area contributed by atoms with Gasteiger partial charge in [0, 0.05) is 23.5 Å². The molecule has 0 radical (unpaired) electrons. The summed E-state index contributed by atoms with van der Waals surface area (Å²) in [6.45, 7) is 2.66. The summed E-state index contributed by atoms with van der Waals surface area (Å²) in [4.78, 5) is 31.9. The van der Waals surface area contributed by atoms with Gasteiger partial charge in [-0.1, -0.05) is 48.2 Å². The van der Waals surface area contributed by atoms with Gasteiger partial charge in [-0.2, -0.15) is 0 Å². The smallest absolute Gasteiger partial charge is 0.255 e. The molecule has 0 saturated carbocycles. The predicted octanol–water partition coefficient (Wildman–Crippen LogP) is 5.54. The van der Waals surface area contributed by atoms with Crippen LogP contribution in [0.1, 0.15) is 21.5 Å². The number of para-hydroxylation sites is 1. The quantitative estimate of drug-likeness (QED) is 0.398. The minimum absolute atomic E-state index is 0.102. The van der Waals surface area contributed by atoms with E-state index in [1.807, 2.05) is 72.5 Å². The Morgan fingerprint density at radius 3 is 2.78 bits per heavy atom. The highest BCUT2D eigenvalue weighted by Gasteiger charge is 2.24. The number of rotatable bonds is 5. The molecule has 5 nitrogen and oxygen atoms in total. The van der Waals surface area contributed by atoms with Crippen LogP contribution in [0.25, 0.3) is 10.2 Å². The van der Waals surface area contributed by atoms with Gasteiger partial charge in [0.05, 0.1) is 16.0 Å². The van der Waals surface area contributed by atoms with Crippen molar-refractivity contribution in [1.82, 2.24) is 4.98 Å². The van der Waals surface area contributed by atoms with Gasteiger partial charge in [-0.05, 0) is 54.8 Å². The molecule has 1 aliphatic rings. The SMILES string of the molecule is Cc1ccccc1C(=O)Nc1ccc2nc(SCC(=O)N3CCc4ccccc43)sc2c1. The van der Waals surface area contributed by atoms with E-state index < -0.39 is 0 Å². The number of hydrogen-bond donors (Lipinski definition) is 1. The number of aromatic nitrogens is 1. The Kier molecular flexibility index (Phi) is 5.68. The summed E-state index contributed by atoms with van der Waals surface area (Å²) in [5.41, 5.74) is 5.45. The third kappa shape index (κ3) is 4.13. The van der Waals surface area contributed by atoms with Gasteiger partial charge in [0.25, 0.3) is 5.91 Å². The molecule has 2 amide bonds. The van der Waals surface area contributed by atoms with Crippen LogP contribution < -0.4 is 10.2 Å². The standard InChI is InChI=1S/C25H21N3O2S2/c1-16-6-2-4-8-19(16)24(30)26-18-10-11-20-22(14-18)32-25(27-20)31-15-23(29)28-13-12-17-7-3-5-9-21(17)28/h2-11,14H,12-13,15H2,1H3,(H,26,30). The molecular formula is C25H21N3O2S2. The van der Waals surface area contributed by atoms with Crippen molar-refractivity contribution in [2.24, 2.45) is 0 Å². The van der Waals surface area contributed by atoms with Gasteiger partial charge in [-0.3, -0.25) is 9.59 Å². The molecule has 1 aliphatic heterocycles. The second-order valence-electron chi connectivity index (χ2n) is 7.64. The molecular weight excluding hydrogens is 438 g/mol. The third-order valence-corrected chi connectivity index (χ3v) is 7.67. The van der Waals surface area contributed by atoms with Crippen molar-refractivity contribution < 1.29 is 9.59 Å². The number of hydrogen-bond acceptors (Lipinski definition) is 5. The Bertz CT molecular complexity index is 1330.